The van der Waals surface area contributed by atoms with Crippen LogP contribution in [0.1, 0.15) is 27.9 Å². The van der Waals surface area contributed by atoms with E-state index in [4.69, 9.17) is 21.7 Å². The number of thiocarbonyl (C=S) groups is 1. The van der Waals surface area contributed by atoms with Crippen LogP contribution in [0.2, 0.25) is 0 Å². The molecule has 0 radical (unpaired) electrons. The first kappa shape index (κ1) is 27.4. The topological polar surface area (TPSA) is 59.6 Å². The van der Waals surface area contributed by atoms with Crippen molar-refractivity contribution in [2.24, 2.45) is 0 Å². The summed E-state index contributed by atoms with van der Waals surface area (Å²) in [7, 11) is 0. The molecule has 0 spiro atoms. The summed E-state index contributed by atoms with van der Waals surface area (Å²) >= 11 is 8.81. The number of carbonyl (C=O) groups excluding carboxylic acids is 1. The van der Waals surface area contributed by atoms with Crippen LogP contribution in [0.4, 0.5) is 5.69 Å². The number of halogens is 1. The van der Waals surface area contributed by atoms with Crippen molar-refractivity contribution in [1.29, 1.82) is 0 Å². The molecule has 0 aliphatic carbocycles. The van der Waals surface area contributed by atoms with Crippen molar-refractivity contribution < 1.29 is 14.3 Å². The number of aryl methyl sites for hydroxylation is 1. The molecule has 0 aromatic heterocycles. The number of hydrogen-bond donors (Lipinski definition) is 2. The Morgan fingerprint density at radius 1 is 0.763 bits per heavy atom. The van der Waals surface area contributed by atoms with E-state index in [1.54, 1.807) is 12.1 Å². The number of carbonyl (C=O) groups is 1. The lowest BCUT2D eigenvalue weighted by Crippen LogP contribution is -2.34. The quantitative estimate of drug-likeness (QED) is 0.143. The number of benzene rings is 4. The molecule has 194 valence electrons. The smallest absolute Gasteiger partial charge is 0.261 e. The SMILES string of the molecule is O=C(NC(=S)Nc1ccc(OCCCc2ccccc2)cc1)c1cc(Br)ccc1OCCc1ccccc1. The van der Waals surface area contributed by atoms with Gasteiger partial charge in [0.1, 0.15) is 11.5 Å². The van der Waals surface area contributed by atoms with E-state index in [2.05, 4.69) is 38.7 Å². The van der Waals surface area contributed by atoms with Gasteiger partial charge in [0.2, 0.25) is 0 Å². The minimum absolute atomic E-state index is 0.196. The van der Waals surface area contributed by atoms with Gasteiger partial charge in [-0.3, -0.25) is 10.1 Å². The molecule has 0 aliphatic rings. The minimum Gasteiger partial charge on any atom is -0.494 e. The first-order chi connectivity index (χ1) is 18.6. The van der Waals surface area contributed by atoms with Crippen LogP contribution < -0.4 is 20.1 Å². The van der Waals surface area contributed by atoms with E-state index < -0.39 is 0 Å². The Balaban J connectivity index is 1.25. The molecule has 0 atom stereocenters. The zero-order valence-corrected chi connectivity index (χ0v) is 23.3. The van der Waals surface area contributed by atoms with Crippen LogP contribution in [0.15, 0.2) is 108 Å². The summed E-state index contributed by atoms with van der Waals surface area (Å²) in [5, 5.41) is 5.99. The molecule has 1 amide bonds. The molecule has 0 fully saturated rings. The highest BCUT2D eigenvalue weighted by atomic mass is 79.9. The van der Waals surface area contributed by atoms with Gasteiger partial charge in [-0.2, -0.15) is 0 Å². The number of hydrogen-bond acceptors (Lipinski definition) is 4. The lowest BCUT2D eigenvalue weighted by molar-refractivity contribution is 0.0973. The molecule has 7 heteroatoms. The maximum atomic E-state index is 13.0. The second-order valence-electron chi connectivity index (χ2n) is 8.59. The van der Waals surface area contributed by atoms with Crippen molar-refractivity contribution in [3.63, 3.8) is 0 Å². The third-order valence-electron chi connectivity index (χ3n) is 5.74. The van der Waals surface area contributed by atoms with Crippen molar-refractivity contribution in [1.82, 2.24) is 5.32 Å². The van der Waals surface area contributed by atoms with Gasteiger partial charge < -0.3 is 14.8 Å². The predicted octanol–water partition coefficient (Wildman–Crippen LogP) is 7.21. The van der Waals surface area contributed by atoms with Crippen LogP contribution in [-0.2, 0) is 12.8 Å². The molecule has 2 N–H and O–H groups in total. The highest BCUT2D eigenvalue weighted by Crippen LogP contribution is 2.24. The Bertz CT molecular complexity index is 1330. The van der Waals surface area contributed by atoms with Crippen LogP contribution in [-0.4, -0.2) is 24.2 Å². The molecule has 0 bridgehead atoms. The summed E-state index contributed by atoms with van der Waals surface area (Å²) < 4.78 is 12.6. The summed E-state index contributed by atoms with van der Waals surface area (Å²) in [6.07, 6.45) is 2.66. The molecule has 4 rings (SSSR count). The monoisotopic (exact) mass is 588 g/mol. The molecule has 0 saturated heterocycles. The lowest BCUT2D eigenvalue weighted by Gasteiger charge is -2.14. The standard InChI is InChI=1S/C31H29BrN2O3S/c32-25-13-18-29(37-21-19-24-10-5-2-6-11-24)28(22-25)30(35)34-31(38)33-26-14-16-27(17-15-26)36-20-7-12-23-8-3-1-4-9-23/h1-6,8-11,13-18,22H,7,12,19-21H2,(H2,33,34,35,38). The Morgan fingerprint density at radius 2 is 1.42 bits per heavy atom. The summed E-state index contributed by atoms with van der Waals surface area (Å²) in [5.41, 5.74) is 3.63. The maximum absolute atomic E-state index is 13.0. The molecule has 5 nitrogen and oxygen atoms in total. The van der Waals surface area contributed by atoms with E-state index in [1.165, 1.54) is 11.1 Å². The third-order valence-corrected chi connectivity index (χ3v) is 6.44. The van der Waals surface area contributed by atoms with Crippen LogP contribution >= 0.6 is 28.1 Å². The van der Waals surface area contributed by atoms with Gasteiger partial charge in [0.15, 0.2) is 5.11 Å². The van der Waals surface area contributed by atoms with Gasteiger partial charge in [-0.1, -0.05) is 76.6 Å². The number of amides is 1. The first-order valence-corrected chi connectivity index (χ1v) is 13.6. The van der Waals surface area contributed by atoms with E-state index in [0.29, 0.717) is 24.5 Å². The fourth-order valence-corrected chi connectivity index (χ4v) is 4.38. The van der Waals surface area contributed by atoms with Crippen molar-refractivity contribution in [3.8, 4) is 11.5 Å². The molecule has 0 unspecified atom stereocenters. The van der Waals surface area contributed by atoms with Gasteiger partial charge in [-0.15, -0.1) is 0 Å². The molecule has 4 aromatic carbocycles. The summed E-state index contributed by atoms with van der Waals surface area (Å²) in [6, 6.07) is 33.3. The van der Waals surface area contributed by atoms with Crippen molar-refractivity contribution in [3.05, 3.63) is 124 Å². The fourth-order valence-electron chi connectivity index (χ4n) is 3.81. The van der Waals surface area contributed by atoms with E-state index in [-0.39, 0.29) is 11.0 Å². The van der Waals surface area contributed by atoms with Crippen LogP contribution in [0, 0.1) is 0 Å². The van der Waals surface area contributed by atoms with Crippen LogP contribution in [0.3, 0.4) is 0 Å². The Hall–Kier alpha value is -3.68. The fraction of sp³-hybridized carbons (Fsp3) is 0.161. The van der Waals surface area contributed by atoms with Crippen LogP contribution in [0.25, 0.3) is 0 Å². The zero-order valence-electron chi connectivity index (χ0n) is 20.9. The number of nitrogens with one attached hydrogen (secondary N) is 2. The first-order valence-electron chi connectivity index (χ1n) is 12.4. The number of ether oxygens (including phenoxy) is 2. The molecule has 0 aliphatic heterocycles. The third kappa shape index (κ3) is 8.71. The minimum atomic E-state index is -0.350. The normalized spacial score (nSPS) is 10.4. The summed E-state index contributed by atoms with van der Waals surface area (Å²) in [4.78, 5) is 13.0. The molecule has 0 heterocycles. The summed E-state index contributed by atoms with van der Waals surface area (Å²) in [5.74, 6) is 0.931. The summed E-state index contributed by atoms with van der Waals surface area (Å²) in [6.45, 7) is 1.09. The highest BCUT2D eigenvalue weighted by molar-refractivity contribution is 9.10. The van der Waals surface area contributed by atoms with E-state index in [9.17, 15) is 4.79 Å². The largest absolute Gasteiger partial charge is 0.494 e. The van der Waals surface area contributed by atoms with E-state index in [1.807, 2.05) is 78.9 Å². The van der Waals surface area contributed by atoms with Gasteiger partial charge in [-0.25, -0.2) is 0 Å². The van der Waals surface area contributed by atoms with Gasteiger partial charge in [-0.05, 0) is 78.7 Å². The predicted molar refractivity (Wildman–Crippen MR) is 160 cm³/mol. The molecule has 4 aromatic rings. The second kappa shape index (κ2) is 14.3. The number of anilines is 1. The Labute approximate surface area is 237 Å². The van der Waals surface area contributed by atoms with Gasteiger partial charge in [0.25, 0.3) is 5.91 Å². The van der Waals surface area contributed by atoms with Gasteiger partial charge >= 0.3 is 0 Å². The Kier molecular flexibility index (Phi) is 10.3. The average Bonchev–Trinajstić information content (AvgIpc) is 2.94. The second-order valence-corrected chi connectivity index (χ2v) is 9.92. The van der Waals surface area contributed by atoms with Gasteiger partial charge in [0, 0.05) is 16.6 Å². The lowest BCUT2D eigenvalue weighted by atomic mass is 10.1. The van der Waals surface area contributed by atoms with Crippen molar-refractivity contribution in [2.45, 2.75) is 19.3 Å². The molecular weight excluding hydrogens is 560 g/mol. The van der Waals surface area contributed by atoms with Crippen LogP contribution in [0.5, 0.6) is 11.5 Å². The maximum Gasteiger partial charge on any atom is 0.261 e. The zero-order chi connectivity index (χ0) is 26.6. The van der Waals surface area contributed by atoms with Crippen molar-refractivity contribution >= 4 is 44.9 Å². The highest BCUT2D eigenvalue weighted by Gasteiger charge is 2.15. The molecule has 0 saturated carbocycles. The average molecular weight is 590 g/mol. The van der Waals surface area contributed by atoms with Gasteiger partial charge in [0.05, 0.1) is 18.8 Å². The van der Waals surface area contributed by atoms with Crippen molar-refractivity contribution in [2.75, 3.05) is 18.5 Å². The Morgan fingerprint density at radius 3 is 2.11 bits per heavy atom. The van der Waals surface area contributed by atoms with E-state index >= 15 is 0 Å². The molecule has 38 heavy (non-hydrogen) atoms. The number of rotatable bonds is 11. The molecular formula is C31H29BrN2O3S. The van der Waals surface area contributed by atoms with E-state index in [0.717, 1.165) is 35.2 Å².